The van der Waals surface area contributed by atoms with E-state index in [9.17, 15) is 14.4 Å². The molecule has 0 aromatic carbocycles. The van der Waals surface area contributed by atoms with Crippen LogP contribution in [-0.2, 0) is 28.6 Å². The van der Waals surface area contributed by atoms with E-state index in [2.05, 4.69) is 142 Å². The van der Waals surface area contributed by atoms with E-state index in [1.807, 2.05) is 0 Å². The lowest BCUT2D eigenvalue weighted by molar-refractivity contribution is -0.167. The summed E-state index contributed by atoms with van der Waals surface area (Å²) in [5.74, 6) is -0.979. The fraction of sp³-hybridized carbons (Fsp3) is 0.667. The van der Waals surface area contributed by atoms with Crippen LogP contribution >= 0.6 is 0 Å². The third-order valence-electron chi connectivity index (χ3n) is 12.9. The van der Waals surface area contributed by atoms with Crippen LogP contribution in [0.25, 0.3) is 0 Å². The molecule has 0 spiro atoms. The molecule has 1 atom stereocenters. The largest absolute Gasteiger partial charge is 0.462 e. The molecule has 0 saturated heterocycles. The van der Waals surface area contributed by atoms with E-state index < -0.39 is 6.10 Å². The molecule has 0 aromatic heterocycles. The molecule has 0 aliphatic rings. The Labute approximate surface area is 462 Å². The Kier molecular flexibility index (Phi) is 58.9. The minimum atomic E-state index is -0.815. The monoisotopic (exact) mass is 1040 g/mol. The van der Waals surface area contributed by atoms with Gasteiger partial charge in [-0.25, -0.2) is 0 Å². The molecule has 1 unspecified atom stereocenters. The first-order valence-electron chi connectivity index (χ1n) is 31.0. The summed E-state index contributed by atoms with van der Waals surface area (Å²) in [7, 11) is 0. The van der Waals surface area contributed by atoms with Gasteiger partial charge in [-0.2, -0.15) is 0 Å². The van der Waals surface area contributed by atoms with E-state index >= 15 is 0 Å². The minimum Gasteiger partial charge on any atom is -0.462 e. The Morgan fingerprint density at radius 1 is 0.280 bits per heavy atom. The normalized spacial score (nSPS) is 12.9. The van der Waals surface area contributed by atoms with Crippen LogP contribution in [0, 0.1) is 0 Å². The molecular formula is C69H114O6. The van der Waals surface area contributed by atoms with E-state index in [0.717, 1.165) is 116 Å². The van der Waals surface area contributed by atoms with Gasteiger partial charge in [0.25, 0.3) is 0 Å². The molecular weight excluding hydrogens is 925 g/mol. The molecule has 0 radical (unpaired) electrons. The summed E-state index contributed by atoms with van der Waals surface area (Å²) in [6.45, 7) is 6.34. The van der Waals surface area contributed by atoms with E-state index in [1.54, 1.807) is 0 Å². The summed E-state index contributed by atoms with van der Waals surface area (Å²) in [6.07, 6.45) is 86.5. The molecule has 0 aliphatic carbocycles. The number of hydrogen-bond donors (Lipinski definition) is 0. The average Bonchev–Trinajstić information content (AvgIpc) is 3.41. The molecule has 0 N–H and O–H groups in total. The number of unbranched alkanes of at least 4 members (excludes halogenated alkanes) is 24. The van der Waals surface area contributed by atoms with Gasteiger partial charge in [-0.3, -0.25) is 14.4 Å². The summed E-state index contributed by atoms with van der Waals surface area (Å²) in [5.41, 5.74) is 0. The highest BCUT2D eigenvalue weighted by Gasteiger charge is 2.19. The maximum absolute atomic E-state index is 12.8. The fourth-order valence-electron chi connectivity index (χ4n) is 8.34. The fourth-order valence-corrected chi connectivity index (χ4v) is 8.34. The highest BCUT2D eigenvalue weighted by molar-refractivity contribution is 5.71. The third-order valence-corrected chi connectivity index (χ3v) is 12.9. The SMILES string of the molecule is CC/C=C\C/C=C\C/C=C\C/C=C\CCCCC(=O)OC(COC(=O)CCCCC/C=C\C/C=C\C/C=C\CC)COC(=O)CCCCCCCCCCCCCCCC/C=C\C/C=C\C/C=C\CCCCCCC. The van der Waals surface area contributed by atoms with Crippen molar-refractivity contribution in [2.24, 2.45) is 0 Å². The van der Waals surface area contributed by atoms with Crippen LogP contribution in [0.1, 0.15) is 278 Å². The van der Waals surface area contributed by atoms with Gasteiger partial charge in [-0.15, -0.1) is 0 Å². The van der Waals surface area contributed by atoms with E-state index in [1.165, 1.54) is 116 Å². The average molecular weight is 1040 g/mol. The Balaban J connectivity index is 4.29. The molecule has 0 amide bonds. The smallest absolute Gasteiger partial charge is 0.306 e. The number of hydrogen-bond acceptors (Lipinski definition) is 6. The van der Waals surface area contributed by atoms with Crippen LogP contribution in [0.5, 0.6) is 0 Å². The Hall–Kier alpha value is -4.19. The molecule has 0 aliphatic heterocycles. The van der Waals surface area contributed by atoms with Crippen molar-refractivity contribution in [2.75, 3.05) is 13.2 Å². The van der Waals surface area contributed by atoms with Crippen LogP contribution in [0.3, 0.4) is 0 Å². The van der Waals surface area contributed by atoms with Crippen molar-refractivity contribution >= 4 is 17.9 Å². The van der Waals surface area contributed by atoms with Crippen molar-refractivity contribution in [1.29, 1.82) is 0 Å². The van der Waals surface area contributed by atoms with Gasteiger partial charge < -0.3 is 14.2 Å². The van der Waals surface area contributed by atoms with Gasteiger partial charge in [0.2, 0.25) is 0 Å². The second-order valence-electron chi connectivity index (χ2n) is 20.2. The topological polar surface area (TPSA) is 78.9 Å². The number of esters is 3. The van der Waals surface area contributed by atoms with Crippen LogP contribution in [0.4, 0.5) is 0 Å². The zero-order chi connectivity index (χ0) is 54.3. The number of carbonyl (C=O) groups is 3. The molecule has 0 bridgehead atoms. The van der Waals surface area contributed by atoms with Crippen LogP contribution in [0.2, 0.25) is 0 Å². The second-order valence-corrected chi connectivity index (χ2v) is 20.2. The van der Waals surface area contributed by atoms with E-state index in [0.29, 0.717) is 19.3 Å². The molecule has 426 valence electrons. The molecule has 0 rings (SSSR count). The van der Waals surface area contributed by atoms with Crippen molar-refractivity contribution in [3.8, 4) is 0 Å². The molecule has 0 heterocycles. The lowest BCUT2D eigenvalue weighted by atomic mass is 10.0. The van der Waals surface area contributed by atoms with Gasteiger partial charge >= 0.3 is 17.9 Å². The summed E-state index contributed by atoms with van der Waals surface area (Å²) in [4.78, 5) is 38.2. The highest BCUT2D eigenvalue weighted by atomic mass is 16.6. The minimum absolute atomic E-state index is 0.106. The third kappa shape index (κ3) is 60.6. The summed E-state index contributed by atoms with van der Waals surface area (Å²) >= 11 is 0. The Morgan fingerprint density at radius 3 is 0.853 bits per heavy atom. The maximum Gasteiger partial charge on any atom is 0.306 e. The molecule has 75 heavy (non-hydrogen) atoms. The van der Waals surface area contributed by atoms with E-state index in [-0.39, 0.29) is 37.5 Å². The zero-order valence-corrected chi connectivity index (χ0v) is 48.8. The predicted molar refractivity (Wildman–Crippen MR) is 325 cm³/mol. The first-order valence-corrected chi connectivity index (χ1v) is 31.0. The summed E-state index contributed by atoms with van der Waals surface area (Å²) in [6, 6.07) is 0. The Morgan fingerprint density at radius 2 is 0.520 bits per heavy atom. The standard InChI is InChI=1S/C69H114O6/c1-4-7-10-13-16-19-22-25-27-28-29-30-31-32-33-34-35-36-37-38-39-40-42-44-47-50-53-56-59-62-68(71)74-65-66(64-73-67(70)61-58-55-52-49-46-43-24-21-18-15-12-9-6-3)75-69(72)63-60-57-54-51-48-45-41-26-23-20-17-14-11-8-5-2/h8-9,11-12,17-18,20-22,25-26,28-29,31-32,41,43,46,48,51,66H,4-7,10,13-16,19,23-24,27,30,33-40,42,44-45,47,49-50,52-65H2,1-3H3/b11-8-,12-9-,20-17-,21-18-,25-22-,29-28-,32-31-,41-26-,46-43-,51-48-. The molecule has 6 heteroatoms. The van der Waals surface area contributed by atoms with Gasteiger partial charge in [-0.05, 0) is 128 Å². The Bertz CT molecular complexity index is 1570. The van der Waals surface area contributed by atoms with Crippen molar-refractivity contribution < 1.29 is 28.6 Å². The lowest BCUT2D eigenvalue weighted by Crippen LogP contribution is -2.30. The number of carbonyl (C=O) groups excluding carboxylic acids is 3. The predicted octanol–water partition coefficient (Wildman–Crippen LogP) is 21.2. The van der Waals surface area contributed by atoms with Crippen molar-refractivity contribution in [2.45, 2.75) is 284 Å². The molecule has 0 fully saturated rings. The first kappa shape index (κ1) is 70.8. The summed E-state index contributed by atoms with van der Waals surface area (Å²) < 4.78 is 16.8. The number of allylic oxidation sites excluding steroid dienone is 20. The van der Waals surface area contributed by atoms with Crippen LogP contribution < -0.4 is 0 Å². The van der Waals surface area contributed by atoms with Crippen molar-refractivity contribution in [3.63, 3.8) is 0 Å². The molecule has 0 saturated carbocycles. The second kappa shape index (κ2) is 62.4. The molecule has 0 aromatic rings. The zero-order valence-electron chi connectivity index (χ0n) is 48.8. The molecule has 6 nitrogen and oxygen atoms in total. The quantitative estimate of drug-likeness (QED) is 0.0261. The summed E-state index contributed by atoms with van der Waals surface area (Å²) in [5, 5.41) is 0. The van der Waals surface area contributed by atoms with Gasteiger partial charge in [0.1, 0.15) is 13.2 Å². The lowest BCUT2D eigenvalue weighted by Gasteiger charge is -2.18. The van der Waals surface area contributed by atoms with Gasteiger partial charge in [-0.1, -0.05) is 251 Å². The highest BCUT2D eigenvalue weighted by Crippen LogP contribution is 2.15. The van der Waals surface area contributed by atoms with Crippen LogP contribution in [-0.4, -0.2) is 37.2 Å². The van der Waals surface area contributed by atoms with Gasteiger partial charge in [0.15, 0.2) is 6.10 Å². The maximum atomic E-state index is 12.8. The van der Waals surface area contributed by atoms with Crippen LogP contribution in [0.15, 0.2) is 122 Å². The van der Waals surface area contributed by atoms with Gasteiger partial charge in [0, 0.05) is 19.3 Å². The first-order chi connectivity index (χ1) is 37.0. The van der Waals surface area contributed by atoms with Gasteiger partial charge in [0.05, 0.1) is 0 Å². The van der Waals surface area contributed by atoms with Crippen molar-refractivity contribution in [3.05, 3.63) is 122 Å². The number of ether oxygens (including phenoxy) is 3. The number of rotatable bonds is 55. The van der Waals surface area contributed by atoms with Crippen molar-refractivity contribution in [1.82, 2.24) is 0 Å². The van der Waals surface area contributed by atoms with E-state index in [4.69, 9.17) is 14.2 Å².